The second-order valence-electron chi connectivity index (χ2n) is 13.3. The van der Waals surface area contributed by atoms with E-state index in [0.717, 1.165) is 88.5 Å². The third-order valence-electron chi connectivity index (χ3n) is 10.7. The maximum Gasteiger partial charge on any atom is 0.247 e. The molecule has 50 heavy (non-hydrogen) atoms. The number of furan rings is 3. The first-order valence-electron chi connectivity index (χ1n) is 16.7. The van der Waals surface area contributed by atoms with E-state index >= 15 is 0 Å². The van der Waals surface area contributed by atoms with Crippen LogP contribution in [0.4, 0.5) is 0 Å². The lowest BCUT2D eigenvalue weighted by atomic mass is 9.95. The molecule has 0 unspecified atom stereocenters. The maximum absolute atomic E-state index is 6.53. The molecule has 12 aromatic rings. The van der Waals surface area contributed by atoms with Crippen LogP contribution in [0.1, 0.15) is 0 Å². The molecule has 1 aliphatic carbocycles. The summed E-state index contributed by atoms with van der Waals surface area (Å²) in [7, 11) is 0. The highest BCUT2D eigenvalue weighted by Crippen LogP contribution is 2.51. The van der Waals surface area contributed by atoms with Crippen molar-refractivity contribution >= 4 is 98.7 Å². The number of rotatable bonds is 2. The Hall–Kier alpha value is -6.92. The Morgan fingerprint density at radius 2 is 1.10 bits per heavy atom. The third-order valence-corrected chi connectivity index (χ3v) is 10.7. The van der Waals surface area contributed by atoms with Gasteiger partial charge in [0.25, 0.3) is 0 Å². The zero-order valence-corrected chi connectivity index (χ0v) is 26.2. The number of hydrogen-bond acceptors (Lipinski definition) is 5. The monoisotopic (exact) mass is 639 g/mol. The molecule has 6 heteroatoms. The Balaban J connectivity index is 1.25. The van der Waals surface area contributed by atoms with E-state index in [-0.39, 0.29) is 0 Å². The SMILES string of the molecule is c1cc2c3c(c1)ccc1c3c3c4c(ccc3n1-c1nc3c(nc1-c1ccc5oc6ccccc6c5c1)oc1ccccc13)oc1cccc-2c14. The highest BCUT2D eigenvalue weighted by molar-refractivity contribution is 6.38. The normalized spacial score (nSPS) is 12.8. The van der Waals surface area contributed by atoms with Crippen LogP contribution < -0.4 is 0 Å². The van der Waals surface area contributed by atoms with E-state index in [9.17, 15) is 0 Å². The Kier molecular flexibility index (Phi) is 4.30. The molecule has 0 saturated carbocycles. The Bertz CT molecular complexity index is 3500. The number of benzene rings is 7. The molecule has 0 atom stereocenters. The standard InChI is InChI=1S/C44H21N3O3/c1-3-12-31-24(8-1)28-21-23(16-19-33(28)48-31)41-43(45-42-27-9-2-4-13-32(27)50-44(42)46-41)47-29-17-15-22-7-5-10-25-26-11-6-14-34-37(26)40-35(49-34)20-18-30(47)39(40)38(29)36(22)25/h1-21H. The minimum absolute atomic E-state index is 0.504. The van der Waals surface area contributed by atoms with Gasteiger partial charge in [0.15, 0.2) is 5.82 Å². The minimum atomic E-state index is 0.504. The summed E-state index contributed by atoms with van der Waals surface area (Å²) in [6.07, 6.45) is 0. The van der Waals surface area contributed by atoms with Crippen molar-refractivity contribution in [2.75, 3.05) is 0 Å². The molecule has 0 aliphatic heterocycles. The van der Waals surface area contributed by atoms with Crippen LogP contribution in [-0.4, -0.2) is 14.5 Å². The van der Waals surface area contributed by atoms with Gasteiger partial charge in [-0.25, -0.2) is 9.97 Å². The average Bonchev–Trinajstić information content (AvgIpc) is 3.89. The van der Waals surface area contributed by atoms with Crippen LogP contribution in [0.5, 0.6) is 0 Å². The van der Waals surface area contributed by atoms with Crippen LogP contribution in [0.3, 0.4) is 0 Å². The number of aromatic nitrogens is 3. The molecule has 0 radical (unpaired) electrons. The number of nitrogens with zero attached hydrogens (tertiary/aromatic N) is 3. The van der Waals surface area contributed by atoms with Crippen molar-refractivity contribution < 1.29 is 13.3 Å². The van der Waals surface area contributed by atoms with Crippen molar-refractivity contribution in [2.45, 2.75) is 0 Å². The first-order chi connectivity index (χ1) is 24.8. The molecular weight excluding hydrogens is 619 g/mol. The molecular formula is C44H21N3O3. The fourth-order valence-corrected chi connectivity index (χ4v) is 8.69. The molecule has 0 N–H and O–H groups in total. The van der Waals surface area contributed by atoms with E-state index in [2.05, 4.69) is 89.5 Å². The van der Waals surface area contributed by atoms with Crippen molar-refractivity contribution in [3.63, 3.8) is 0 Å². The third kappa shape index (κ3) is 2.93. The molecule has 6 nitrogen and oxygen atoms in total. The number of hydrogen-bond donors (Lipinski definition) is 0. The van der Waals surface area contributed by atoms with E-state index in [1.54, 1.807) is 0 Å². The van der Waals surface area contributed by atoms with Crippen molar-refractivity contribution in [1.82, 2.24) is 14.5 Å². The summed E-state index contributed by atoms with van der Waals surface area (Å²) < 4.78 is 21.4. The smallest absolute Gasteiger partial charge is 0.247 e. The highest BCUT2D eigenvalue weighted by Gasteiger charge is 2.28. The number of fused-ring (bicyclic) bond motifs is 7. The predicted octanol–water partition coefficient (Wildman–Crippen LogP) is 12.1. The predicted molar refractivity (Wildman–Crippen MR) is 200 cm³/mol. The molecule has 7 aromatic carbocycles. The molecule has 1 aliphatic rings. The van der Waals surface area contributed by atoms with Crippen LogP contribution in [0.15, 0.2) is 141 Å². The van der Waals surface area contributed by atoms with E-state index < -0.39 is 0 Å². The Morgan fingerprint density at radius 1 is 0.440 bits per heavy atom. The van der Waals surface area contributed by atoms with Crippen LogP contribution in [0, 0.1) is 0 Å². The zero-order valence-electron chi connectivity index (χ0n) is 26.2. The largest absolute Gasteiger partial charge is 0.456 e. The molecule has 0 spiro atoms. The van der Waals surface area contributed by atoms with Gasteiger partial charge in [0, 0.05) is 43.3 Å². The lowest BCUT2D eigenvalue weighted by molar-refractivity contribution is 0.653. The van der Waals surface area contributed by atoms with Crippen LogP contribution in [0.2, 0.25) is 0 Å². The van der Waals surface area contributed by atoms with Gasteiger partial charge in [0.05, 0.1) is 11.0 Å². The molecule has 5 aromatic heterocycles. The molecule has 0 bridgehead atoms. The van der Waals surface area contributed by atoms with E-state index in [1.807, 2.05) is 42.5 Å². The molecule has 0 fully saturated rings. The fourth-order valence-electron chi connectivity index (χ4n) is 8.69. The molecule has 0 saturated heterocycles. The molecule has 13 rings (SSSR count). The van der Waals surface area contributed by atoms with Crippen LogP contribution in [-0.2, 0) is 0 Å². The van der Waals surface area contributed by atoms with Gasteiger partial charge in [-0.05, 0) is 82.6 Å². The highest BCUT2D eigenvalue weighted by atomic mass is 16.3. The van der Waals surface area contributed by atoms with Gasteiger partial charge in [0.1, 0.15) is 39.1 Å². The average molecular weight is 640 g/mol. The summed E-state index contributed by atoms with van der Waals surface area (Å²) in [4.78, 5) is 10.8. The second kappa shape index (κ2) is 8.56. The minimum Gasteiger partial charge on any atom is -0.456 e. The van der Waals surface area contributed by atoms with Gasteiger partial charge in [-0.1, -0.05) is 66.7 Å². The Labute approximate surface area is 281 Å². The molecule has 5 heterocycles. The number of para-hydroxylation sites is 2. The van der Waals surface area contributed by atoms with E-state index in [0.29, 0.717) is 5.71 Å². The van der Waals surface area contributed by atoms with Gasteiger partial charge in [-0.3, -0.25) is 4.57 Å². The molecule has 230 valence electrons. The Morgan fingerprint density at radius 3 is 2.00 bits per heavy atom. The van der Waals surface area contributed by atoms with Crippen LogP contribution in [0.25, 0.3) is 127 Å². The van der Waals surface area contributed by atoms with Crippen molar-refractivity contribution in [3.8, 4) is 28.2 Å². The van der Waals surface area contributed by atoms with Crippen molar-refractivity contribution in [2.24, 2.45) is 0 Å². The van der Waals surface area contributed by atoms with Gasteiger partial charge < -0.3 is 13.3 Å². The van der Waals surface area contributed by atoms with Crippen molar-refractivity contribution in [1.29, 1.82) is 0 Å². The second-order valence-corrected chi connectivity index (χ2v) is 13.3. The quantitative estimate of drug-likeness (QED) is 0.188. The summed E-state index contributed by atoms with van der Waals surface area (Å²) >= 11 is 0. The van der Waals surface area contributed by atoms with E-state index in [4.69, 9.17) is 23.2 Å². The summed E-state index contributed by atoms with van der Waals surface area (Å²) in [5.74, 6) is 0.737. The van der Waals surface area contributed by atoms with Gasteiger partial charge >= 0.3 is 0 Å². The molecule has 0 amide bonds. The fraction of sp³-hybridized carbons (Fsp3) is 0. The zero-order chi connectivity index (χ0) is 32.2. The van der Waals surface area contributed by atoms with E-state index in [1.165, 1.54) is 32.7 Å². The van der Waals surface area contributed by atoms with Gasteiger partial charge in [-0.15, -0.1) is 0 Å². The summed E-state index contributed by atoms with van der Waals surface area (Å²) in [6, 6.07) is 44.2. The lowest BCUT2D eigenvalue weighted by Crippen LogP contribution is -2.03. The summed E-state index contributed by atoms with van der Waals surface area (Å²) in [5.41, 5.74) is 11.6. The van der Waals surface area contributed by atoms with Gasteiger partial charge in [0.2, 0.25) is 5.71 Å². The maximum atomic E-state index is 6.53. The first kappa shape index (κ1) is 25.1. The van der Waals surface area contributed by atoms with Crippen LogP contribution >= 0.6 is 0 Å². The summed E-state index contributed by atoms with van der Waals surface area (Å²) in [5, 5.41) is 10.1. The van der Waals surface area contributed by atoms with Gasteiger partial charge in [-0.2, -0.15) is 0 Å². The lowest BCUT2D eigenvalue weighted by Gasteiger charge is -2.14. The van der Waals surface area contributed by atoms with Crippen molar-refractivity contribution in [3.05, 3.63) is 127 Å². The first-order valence-corrected chi connectivity index (χ1v) is 16.7. The summed E-state index contributed by atoms with van der Waals surface area (Å²) in [6.45, 7) is 0. The topological polar surface area (TPSA) is 70.1 Å².